The zero-order chi connectivity index (χ0) is 32.8. The van der Waals surface area contributed by atoms with Crippen LogP contribution in [0.25, 0.3) is 11.1 Å². The molecule has 1 heterocycles. The van der Waals surface area contributed by atoms with Crippen molar-refractivity contribution in [1.82, 2.24) is 9.78 Å². The first-order valence-electron chi connectivity index (χ1n) is 17.8. The molecular formula is C40H55N3O3. The third-order valence-electron chi connectivity index (χ3n) is 10.7. The summed E-state index contributed by atoms with van der Waals surface area (Å²) in [5.74, 6) is 3.33. The van der Waals surface area contributed by atoms with Crippen molar-refractivity contribution in [2.75, 3.05) is 18.6 Å². The fourth-order valence-corrected chi connectivity index (χ4v) is 7.59. The van der Waals surface area contributed by atoms with Crippen molar-refractivity contribution in [3.05, 3.63) is 66.0 Å². The minimum atomic E-state index is 0.0445. The van der Waals surface area contributed by atoms with E-state index < -0.39 is 0 Å². The molecule has 0 bridgehead atoms. The van der Waals surface area contributed by atoms with Crippen LogP contribution in [0.5, 0.6) is 5.75 Å². The second kappa shape index (κ2) is 15.5. The summed E-state index contributed by atoms with van der Waals surface area (Å²) in [5, 5.41) is 4.57. The molecule has 2 aliphatic rings. The van der Waals surface area contributed by atoms with Gasteiger partial charge < -0.3 is 9.64 Å². The number of hydrogen-bond donors (Lipinski definition) is 0. The topological polar surface area (TPSA) is 64.4 Å². The van der Waals surface area contributed by atoms with E-state index in [0.717, 1.165) is 86.9 Å². The molecule has 2 fully saturated rings. The van der Waals surface area contributed by atoms with Crippen LogP contribution in [0.4, 0.5) is 5.69 Å². The van der Waals surface area contributed by atoms with Gasteiger partial charge in [0.15, 0.2) is 0 Å². The van der Waals surface area contributed by atoms with E-state index in [-0.39, 0.29) is 17.7 Å². The van der Waals surface area contributed by atoms with Gasteiger partial charge in [-0.2, -0.15) is 5.10 Å². The van der Waals surface area contributed by atoms with Gasteiger partial charge in [0.05, 0.1) is 13.3 Å². The van der Waals surface area contributed by atoms with E-state index in [2.05, 4.69) is 79.4 Å². The van der Waals surface area contributed by atoms with Gasteiger partial charge in [-0.25, -0.2) is 0 Å². The van der Waals surface area contributed by atoms with Crippen molar-refractivity contribution in [3.63, 3.8) is 0 Å². The van der Waals surface area contributed by atoms with Crippen LogP contribution in [0, 0.1) is 30.6 Å². The predicted molar refractivity (Wildman–Crippen MR) is 187 cm³/mol. The van der Waals surface area contributed by atoms with Crippen LogP contribution < -0.4 is 9.64 Å². The number of ether oxygens (including phenoxy) is 1. The summed E-state index contributed by atoms with van der Waals surface area (Å²) in [6.07, 6.45) is 14.1. The molecule has 1 aromatic heterocycles. The van der Waals surface area contributed by atoms with Crippen LogP contribution in [0.15, 0.2) is 54.9 Å². The Hall–Kier alpha value is -3.41. The van der Waals surface area contributed by atoms with E-state index in [1.807, 2.05) is 24.7 Å². The normalized spacial score (nSPS) is 21.8. The summed E-state index contributed by atoms with van der Waals surface area (Å²) < 4.78 is 7.48. The number of aromatic nitrogens is 2. The highest BCUT2D eigenvalue weighted by molar-refractivity contribution is 5.95. The van der Waals surface area contributed by atoms with Crippen molar-refractivity contribution >= 4 is 17.4 Å². The zero-order valence-corrected chi connectivity index (χ0v) is 29.0. The van der Waals surface area contributed by atoms with E-state index in [1.165, 1.54) is 11.1 Å². The molecule has 0 radical (unpaired) electrons. The lowest BCUT2D eigenvalue weighted by molar-refractivity contribution is -0.124. The maximum Gasteiger partial charge on any atom is 0.230 e. The molecule has 1 amide bonds. The van der Waals surface area contributed by atoms with Gasteiger partial charge in [0.1, 0.15) is 11.5 Å². The number of ketones is 1. The molecule has 0 unspecified atom stereocenters. The predicted octanol–water partition coefficient (Wildman–Crippen LogP) is 9.57. The van der Waals surface area contributed by atoms with Crippen molar-refractivity contribution in [2.45, 2.75) is 111 Å². The number of anilines is 1. The average molecular weight is 626 g/mol. The van der Waals surface area contributed by atoms with E-state index in [0.29, 0.717) is 36.0 Å². The Labute approximate surface area is 276 Å². The van der Waals surface area contributed by atoms with E-state index in [9.17, 15) is 9.59 Å². The Morgan fingerprint density at radius 2 is 1.63 bits per heavy atom. The lowest BCUT2D eigenvalue weighted by atomic mass is 9.77. The third kappa shape index (κ3) is 8.29. The summed E-state index contributed by atoms with van der Waals surface area (Å²) in [6, 6.07) is 15.4. The van der Waals surface area contributed by atoms with E-state index in [1.54, 1.807) is 7.11 Å². The molecule has 0 N–H and O–H groups in total. The van der Waals surface area contributed by atoms with Crippen molar-refractivity contribution < 1.29 is 14.3 Å². The van der Waals surface area contributed by atoms with Crippen molar-refractivity contribution in [1.29, 1.82) is 0 Å². The largest absolute Gasteiger partial charge is 0.496 e. The number of amides is 1. The molecule has 6 heteroatoms. The first-order valence-corrected chi connectivity index (χ1v) is 17.8. The van der Waals surface area contributed by atoms with Gasteiger partial charge in [0.2, 0.25) is 5.91 Å². The maximum absolute atomic E-state index is 14.4. The van der Waals surface area contributed by atoms with Crippen LogP contribution in [0.2, 0.25) is 0 Å². The van der Waals surface area contributed by atoms with Gasteiger partial charge in [0, 0.05) is 48.3 Å². The highest BCUT2D eigenvalue weighted by Crippen LogP contribution is 2.40. The number of aryl methyl sites for hydroxylation is 1. The lowest BCUT2D eigenvalue weighted by Crippen LogP contribution is -2.41. The smallest absolute Gasteiger partial charge is 0.230 e. The highest BCUT2D eigenvalue weighted by Gasteiger charge is 2.33. The second-order valence-corrected chi connectivity index (χ2v) is 14.6. The monoisotopic (exact) mass is 625 g/mol. The molecule has 2 saturated carbocycles. The van der Waals surface area contributed by atoms with E-state index >= 15 is 0 Å². The fourth-order valence-electron chi connectivity index (χ4n) is 7.59. The Balaban J connectivity index is 1.30. The maximum atomic E-state index is 14.4. The summed E-state index contributed by atoms with van der Waals surface area (Å²) >= 11 is 0. The molecule has 2 aromatic carbocycles. The Morgan fingerprint density at radius 1 is 0.913 bits per heavy atom. The number of benzene rings is 2. The minimum Gasteiger partial charge on any atom is -0.496 e. The first kappa shape index (κ1) is 33.9. The summed E-state index contributed by atoms with van der Waals surface area (Å²) in [5.41, 5.74) is 5.77. The van der Waals surface area contributed by atoms with Crippen LogP contribution >= 0.6 is 0 Å². The Bertz CT molecular complexity index is 1460. The van der Waals surface area contributed by atoms with Gasteiger partial charge in [-0.3, -0.25) is 14.3 Å². The SMILES string of the molecule is COc1ccc(C2CCC(CN(C(=O)C3CCC(CCC(=O)C(C)C)CC3)c3cccc(-c4cnn(C(C)C)c4)c3)CC2)cc1C. The van der Waals surface area contributed by atoms with Gasteiger partial charge >= 0.3 is 0 Å². The Kier molecular flexibility index (Phi) is 11.4. The first-order chi connectivity index (χ1) is 22.1. The number of methoxy groups -OCH3 is 1. The minimum absolute atomic E-state index is 0.0445. The van der Waals surface area contributed by atoms with Gasteiger partial charge in [-0.1, -0.05) is 38.1 Å². The average Bonchev–Trinajstić information content (AvgIpc) is 3.57. The molecule has 0 atom stereocenters. The number of nitrogens with zero attached hydrogens (tertiary/aromatic N) is 3. The number of carbonyl (C=O) groups excluding carboxylic acids is 2. The van der Waals surface area contributed by atoms with Crippen LogP contribution in [0.3, 0.4) is 0 Å². The number of carbonyl (C=O) groups is 2. The highest BCUT2D eigenvalue weighted by atomic mass is 16.5. The van der Waals surface area contributed by atoms with Crippen LogP contribution in [-0.4, -0.2) is 35.1 Å². The molecule has 3 aromatic rings. The zero-order valence-electron chi connectivity index (χ0n) is 29.0. The number of hydrogen-bond acceptors (Lipinski definition) is 4. The molecule has 6 nitrogen and oxygen atoms in total. The van der Waals surface area contributed by atoms with Crippen molar-refractivity contribution in [3.8, 4) is 16.9 Å². The molecule has 2 aliphatic carbocycles. The fraction of sp³-hybridized carbons (Fsp3) is 0.575. The standard InChI is InChI=1S/C40H55N3O3/c1-27(2)38(44)20-14-30-10-17-33(18-11-30)40(45)42(37-9-7-8-34(23-37)36-24-41-43(26-36)28(3)4)25-31-12-15-32(16-13-31)35-19-21-39(46-6)29(5)22-35/h7-9,19,21-24,26-28,30-33H,10-18,20,25H2,1-6H3. The second-order valence-electron chi connectivity index (χ2n) is 14.6. The number of rotatable bonds is 12. The molecule has 0 saturated heterocycles. The van der Waals surface area contributed by atoms with Crippen LogP contribution in [0.1, 0.15) is 115 Å². The van der Waals surface area contributed by atoms with Crippen LogP contribution in [-0.2, 0) is 9.59 Å². The van der Waals surface area contributed by atoms with Gasteiger partial charge in [0.25, 0.3) is 0 Å². The summed E-state index contributed by atoms with van der Waals surface area (Å²) in [7, 11) is 1.73. The van der Waals surface area contributed by atoms with Gasteiger partial charge in [-0.15, -0.1) is 0 Å². The van der Waals surface area contributed by atoms with Gasteiger partial charge in [-0.05, 0) is 131 Å². The molecule has 46 heavy (non-hydrogen) atoms. The third-order valence-corrected chi connectivity index (χ3v) is 10.7. The number of Topliss-reactive ketones (excluding diaryl/α,β-unsaturated/α-hetero) is 1. The Morgan fingerprint density at radius 3 is 2.26 bits per heavy atom. The summed E-state index contributed by atoms with van der Waals surface area (Å²) in [6.45, 7) is 11.1. The quantitative estimate of drug-likeness (QED) is 0.201. The molecular weight excluding hydrogens is 570 g/mol. The molecule has 248 valence electrons. The summed E-state index contributed by atoms with van der Waals surface area (Å²) in [4.78, 5) is 28.8. The molecule has 0 spiro atoms. The lowest BCUT2D eigenvalue weighted by Gasteiger charge is -2.36. The van der Waals surface area contributed by atoms with E-state index in [4.69, 9.17) is 4.74 Å². The molecule has 0 aliphatic heterocycles. The molecule has 5 rings (SSSR count). The van der Waals surface area contributed by atoms with Crippen molar-refractivity contribution in [2.24, 2.45) is 23.7 Å².